The topological polar surface area (TPSA) is 35.5 Å². The van der Waals surface area contributed by atoms with E-state index < -0.39 is 9.04 Å². The van der Waals surface area contributed by atoms with Crippen molar-refractivity contribution < 1.29 is 14.0 Å². The van der Waals surface area contributed by atoms with Gasteiger partial charge in [0.05, 0.1) is 0 Å². The third-order valence-corrected chi connectivity index (χ3v) is 5.52. The van der Waals surface area contributed by atoms with Crippen LogP contribution in [0.1, 0.15) is 26.2 Å². The second-order valence-electron chi connectivity index (χ2n) is 3.90. The van der Waals surface area contributed by atoms with E-state index in [1.165, 1.54) is 25.0 Å². The average molecular weight is 228 g/mol. The zero-order valence-corrected chi connectivity index (χ0v) is 10.6. The molecule has 0 aromatic rings. The summed E-state index contributed by atoms with van der Waals surface area (Å²) in [5, 5.41) is 0. The van der Waals surface area contributed by atoms with Crippen molar-refractivity contribution in [3.05, 3.63) is 12.7 Å². The summed E-state index contributed by atoms with van der Waals surface area (Å²) in [5.74, 6) is -0.313. The molecule has 1 heterocycles. The molecule has 2 atom stereocenters. The summed E-state index contributed by atoms with van der Waals surface area (Å²) >= 11 is 0. The van der Waals surface area contributed by atoms with E-state index in [9.17, 15) is 4.79 Å². The monoisotopic (exact) mass is 228 g/mol. The fourth-order valence-corrected chi connectivity index (χ4v) is 4.60. The molecule has 86 valence electrons. The summed E-state index contributed by atoms with van der Waals surface area (Å²) in [5.41, 5.74) is 0. The van der Waals surface area contributed by atoms with Gasteiger partial charge in [0.15, 0.2) is 9.04 Å². The van der Waals surface area contributed by atoms with Crippen LogP contribution in [0, 0.1) is 0 Å². The van der Waals surface area contributed by atoms with Crippen molar-refractivity contribution in [2.75, 3.05) is 6.61 Å². The van der Waals surface area contributed by atoms with Gasteiger partial charge in [0.1, 0.15) is 6.10 Å². The van der Waals surface area contributed by atoms with Gasteiger partial charge in [-0.1, -0.05) is 19.9 Å². The number of carbonyl (C=O) groups excluding carboxylic acids is 1. The molecular weight excluding hydrogens is 208 g/mol. The van der Waals surface area contributed by atoms with Crippen molar-refractivity contribution in [1.29, 1.82) is 0 Å². The Morgan fingerprint density at radius 2 is 2.47 bits per heavy atom. The third kappa shape index (κ3) is 4.62. The van der Waals surface area contributed by atoms with Crippen LogP contribution in [-0.4, -0.2) is 27.7 Å². The van der Waals surface area contributed by atoms with Crippen molar-refractivity contribution in [2.45, 2.75) is 44.4 Å². The number of hydrogen-bond acceptors (Lipinski definition) is 3. The second-order valence-corrected chi connectivity index (χ2v) is 6.52. The quantitative estimate of drug-likeness (QED) is 0.410. The predicted octanol–water partition coefficient (Wildman–Crippen LogP) is 2.03. The largest absolute Gasteiger partial charge is 0.459 e. The summed E-state index contributed by atoms with van der Waals surface area (Å²) in [6.07, 6.45) is 4.60. The van der Waals surface area contributed by atoms with Crippen LogP contribution < -0.4 is 0 Å². The molecule has 0 radical (unpaired) electrons. The Labute approximate surface area is 93.2 Å². The summed E-state index contributed by atoms with van der Waals surface area (Å²) in [7, 11) is -1.08. The minimum Gasteiger partial charge on any atom is -0.459 e. The van der Waals surface area contributed by atoms with Crippen LogP contribution in [0.3, 0.4) is 0 Å². The van der Waals surface area contributed by atoms with Gasteiger partial charge in [-0.2, -0.15) is 0 Å². The molecule has 15 heavy (non-hydrogen) atoms. The highest BCUT2D eigenvalue weighted by molar-refractivity contribution is 6.52. The van der Waals surface area contributed by atoms with Gasteiger partial charge in [-0.05, 0) is 18.9 Å². The third-order valence-electron chi connectivity index (χ3n) is 2.70. The molecule has 0 amide bonds. The van der Waals surface area contributed by atoms with Crippen molar-refractivity contribution >= 4 is 15.0 Å². The van der Waals surface area contributed by atoms with Gasteiger partial charge < -0.3 is 9.16 Å². The summed E-state index contributed by atoms with van der Waals surface area (Å²) in [4.78, 5) is 11.1. The molecule has 0 aromatic heterocycles. The molecule has 0 aromatic carbocycles. The molecule has 0 saturated carbocycles. The van der Waals surface area contributed by atoms with Crippen LogP contribution in [0.2, 0.25) is 12.1 Å². The molecular formula is C11H20O3Si. The van der Waals surface area contributed by atoms with Gasteiger partial charge >= 0.3 is 5.97 Å². The molecule has 3 nitrogen and oxygen atoms in total. The molecule has 2 unspecified atom stereocenters. The fourth-order valence-electron chi connectivity index (χ4n) is 1.80. The Morgan fingerprint density at radius 3 is 3.00 bits per heavy atom. The van der Waals surface area contributed by atoms with Crippen molar-refractivity contribution in [3.8, 4) is 0 Å². The number of carbonyl (C=O) groups is 1. The molecule has 4 heteroatoms. The Morgan fingerprint density at radius 1 is 1.67 bits per heavy atom. The van der Waals surface area contributed by atoms with E-state index >= 15 is 0 Å². The van der Waals surface area contributed by atoms with Crippen molar-refractivity contribution in [1.82, 2.24) is 0 Å². The molecule has 1 rings (SSSR count). The Bertz CT molecular complexity index is 212. The lowest BCUT2D eigenvalue weighted by atomic mass is 10.3. The van der Waals surface area contributed by atoms with Gasteiger partial charge in [-0.3, -0.25) is 0 Å². The van der Waals surface area contributed by atoms with E-state index in [4.69, 9.17) is 9.16 Å². The zero-order valence-electron chi connectivity index (χ0n) is 9.41. The summed E-state index contributed by atoms with van der Waals surface area (Å²) < 4.78 is 11.0. The van der Waals surface area contributed by atoms with Crippen LogP contribution >= 0.6 is 0 Å². The first kappa shape index (κ1) is 12.5. The number of hydrogen-bond donors (Lipinski definition) is 0. The van der Waals surface area contributed by atoms with E-state index in [-0.39, 0.29) is 12.1 Å². The van der Waals surface area contributed by atoms with Crippen molar-refractivity contribution in [2.24, 2.45) is 0 Å². The van der Waals surface area contributed by atoms with Gasteiger partial charge in [-0.25, -0.2) is 4.79 Å². The van der Waals surface area contributed by atoms with Gasteiger partial charge in [-0.15, -0.1) is 0 Å². The average Bonchev–Trinajstić information content (AvgIpc) is 2.29. The summed E-state index contributed by atoms with van der Waals surface area (Å²) in [6.45, 7) is 6.35. The molecule has 0 spiro atoms. The first-order valence-corrected chi connectivity index (χ1v) is 7.81. The van der Waals surface area contributed by atoms with Crippen LogP contribution in [0.5, 0.6) is 0 Å². The maximum absolute atomic E-state index is 11.1. The van der Waals surface area contributed by atoms with Gasteiger partial charge in [0.2, 0.25) is 0 Å². The van der Waals surface area contributed by atoms with Crippen LogP contribution in [0.15, 0.2) is 12.7 Å². The molecule has 0 bridgehead atoms. The smallest absolute Gasteiger partial charge is 0.330 e. The highest BCUT2D eigenvalue weighted by atomic mass is 28.3. The SMILES string of the molecule is C=CC(=O)OC(CC)C[SiH]1CCCCO1. The Balaban J connectivity index is 2.31. The zero-order chi connectivity index (χ0) is 11.1. The van der Waals surface area contributed by atoms with E-state index in [1.807, 2.05) is 6.92 Å². The Kier molecular flexibility index (Phi) is 5.64. The van der Waals surface area contributed by atoms with E-state index in [0.29, 0.717) is 0 Å². The Hall–Kier alpha value is -0.613. The van der Waals surface area contributed by atoms with Crippen LogP contribution in [-0.2, 0) is 14.0 Å². The second kappa shape index (κ2) is 6.79. The lowest BCUT2D eigenvalue weighted by Crippen LogP contribution is -2.29. The maximum atomic E-state index is 11.1. The van der Waals surface area contributed by atoms with E-state index in [0.717, 1.165) is 19.1 Å². The minimum absolute atomic E-state index is 0.0327. The molecule has 0 N–H and O–H groups in total. The first-order valence-electron chi connectivity index (χ1n) is 5.71. The standard InChI is InChI=1S/C11H20O3Si/c1-3-10(14-11(12)4-2)9-15-8-6-5-7-13-15/h4,10,15H,2-3,5-9H2,1H3. The predicted molar refractivity (Wildman–Crippen MR) is 62.3 cm³/mol. The highest BCUT2D eigenvalue weighted by Gasteiger charge is 2.22. The number of esters is 1. The molecule has 1 aliphatic heterocycles. The lowest BCUT2D eigenvalue weighted by Gasteiger charge is -2.24. The summed E-state index contributed by atoms with van der Waals surface area (Å²) in [6, 6.07) is 2.18. The van der Waals surface area contributed by atoms with Gasteiger partial charge in [0, 0.05) is 18.7 Å². The fraction of sp³-hybridized carbons (Fsp3) is 0.727. The van der Waals surface area contributed by atoms with E-state index in [2.05, 4.69) is 6.58 Å². The van der Waals surface area contributed by atoms with E-state index in [1.54, 1.807) is 0 Å². The first-order chi connectivity index (χ1) is 7.26. The maximum Gasteiger partial charge on any atom is 0.330 e. The highest BCUT2D eigenvalue weighted by Crippen LogP contribution is 2.18. The molecule has 1 fully saturated rings. The minimum atomic E-state index is -1.08. The molecule has 1 saturated heterocycles. The van der Waals surface area contributed by atoms with Crippen molar-refractivity contribution in [3.63, 3.8) is 0 Å². The normalized spacial score (nSPS) is 23.1. The van der Waals surface area contributed by atoms with Crippen LogP contribution in [0.4, 0.5) is 0 Å². The molecule has 1 aliphatic rings. The number of ether oxygens (including phenoxy) is 1. The van der Waals surface area contributed by atoms with Gasteiger partial charge in [0.25, 0.3) is 0 Å². The van der Waals surface area contributed by atoms with Crippen LogP contribution in [0.25, 0.3) is 0 Å². The lowest BCUT2D eigenvalue weighted by molar-refractivity contribution is -0.142. The molecule has 0 aliphatic carbocycles. The number of rotatable bonds is 5.